The van der Waals surface area contributed by atoms with Gasteiger partial charge in [0.25, 0.3) is 11.8 Å². The molecule has 390 valence electrons. The van der Waals surface area contributed by atoms with Crippen LogP contribution in [0.4, 0.5) is 43.3 Å². The SMILES string of the molecule is COc1c(Nc2ncc(Cl)c(Nc3ccc4nccnc4c3P(C)(C)=O)n2)cc(-c2cnn(C)c2)c(N2CCC(N3CCC4(CCCN(c5cc6c(cc5F)C(=O)N(C5CCC(=O)NC5=O)C6=O)C4)CC3)CC2)c1F. The Morgan fingerprint density at radius 1 is 0.853 bits per heavy atom. The minimum Gasteiger partial charge on any atom is -0.492 e. The van der Waals surface area contributed by atoms with Gasteiger partial charge in [0.1, 0.15) is 29.5 Å². The summed E-state index contributed by atoms with van der Waals surface area (Å²) in [5.74, 6) is -3.44. The molecule has 1 atom stereocenters. The maximum Gasteiger partial charge on any atom is 0.262 e. The summed E-state index contributed by atoms with van der Waals surface area (Å²) >= 11 is 6.65. The lowest BCUT2D eigenvalue weighted by molar-refractivity contribution is -0.136. The first-order valence-corrected chi connectivity index (χ1v) is 28.0. The molecule has 19 nitrogen and oxygen atoms in total. The monoisotopic (exact) mass is 1060 g/mol. The van der Waals surface area contributed by atoms with Gasteiger partial charge in [-0.2, -0.15) is 10.1 Å². The summed E-state index contributed by atoms with van der Waals surface area (Å²) in [6.45, 7) is 7.38. The van der Waals surface area contributed by atoms with Crippen LogP contribution in [-0.2, 0) is 21.2 Å². The number of methoxy groups -OCH3 is 1. The molecule has 23 heteroatoms. The number of fused-ring (bicyclic) bond motifs is 2. The third-order valence-corrected chi connectivity index (χ3v) is 17.3. The predicted molar refractivity (Wildman–Crippen MR) is 280 cm³/mol. The first kappa shape index (κ1) is 50.1. The lowest BCUT2D eigenvalue weighted by Crippen LogP contribution is -2.54. The smallest absolute Gasteiger partial charge is 0.262 e. The highest BCUT2D eigenvalue weighted by Gasteiger charge is 2.47. The van der Waals surface area contributed by atoms with E-state index in [4.69, 9.17) is 16.3 Å². The van der Waals surface area contributed by atoms with Crippen LogP contribution in [0.3, 0.4) is 0 Å². The summed E-state index contributed by atoms with van der Waals surface area (Å²) in [4.78, 5) is 76.8. The fourth-order valence-corrected chi connectivity index (χ4v) is 13.3. The molecule has 4 fully saturated rings. The summed E-state index contributed by atoms with van der Waals surface area (Å²) in [5, 5.41) is 13.7. The van der Waals surface area contributed by atoms with Gasteiger partial charge in [-0.15, -0.1) is 0 Å². The van der Waals surface area contributed by atoms with E-state index in [9.17, 15) is 23.7 Å². The number of ether oxygens (including phenoxy) is 1. The van der Waals surface area contributed by atoms with Crippen molar-refractivity contribution in [3.05, 3.63) is 89.1 Å². The fraction of sp³-hybridized carbons (Fsp3) is 0.404. The quantitative estimate of drug-likeness (QED) is 0.0861. The van der Waals surface area contributed by atoms with Gasteiger partial charge in [0.05, 0.1) is 64.2 Å². The number of hydrogen-bond donors (Lipinski definition) is 3. The molecular weight excluding hydrogens is 1010 g/mol. The Bertz CT molecular complexity index is 3380. The number of carbonyl (C=O) groups is 4. The van der Waals surface area contributed by atoms with Gasteiger partial charge in [0.2, 0.25) is 17.8 Å². The normalized spacial score (nSPS) is 19.5. The van der Waals surface area contributed by atoms with E-state index in [1.165, 1.54) is 19.4 Å². The number of nitrogens with one attached hydrogen (secondary N) is 3. The van der Waals surface area contributed by atoms with Crippen molar-refractivity contribution in [2.75, 3.05) is 80.1 Å². The third kappa shape index (κ3) is 9.32. The number of aromatic nitrogens is 6. The van der Waals surface area contributed by atoms with Gasteiger partial charge in [-0.3, -0.25) is 44.0 Å². The van der Waals surface area contributed by atoms with Crippen LogP contribution in [0.15, 0.2) is 61.3 Å². The van der Waals surface area contributed by atoms with E-state index < -0.39 is 48.4 Å². The first-order valence-electron chi connectivity index (χ1n) is 25.0. The molecule has 1 spiro atoms. The third-order valence-electron chi connectivity index (χ3n) is 15.5. The number of halogens is 3. The zero-order valence-electron chi connectivity index (χ0n) is 41.8. The molecule has 3 N–H and O–H groups in total. The molecule has 0 saturated carbocycles. The van der Waals surface area contributed by atoms with E-state index in [1.54, 1.807) is 55.8 Å². The Labute approximate surface area is 435 Å². The highest BCUT2D eigenvalue weighted by atomic mass is 35.5. The number of hydrogen-bond acceptors (Lipinski definition) is 16. The second-order valence-electron chi connectivity index (χ2n) is 20.5. The van der Waals surface area contributed by atoms with E-state index in [0.717, 1.165) is 62.6 Å². The second-order valence-corrected chi connectivity index (χ2v) is 24.1. The van der Waals surface area contributed by atoms with Crippen molar-refractivity contribution in [3.63, 3.8) is 0 Å². The number of nitrogens with zero attached hydrogens (tertiary/aromatic N) is 10. The molecule has 3 aromatic carbocycles. The summed E-state index contributed by atoms with van der Waals surface area (Å²) in [6.07, 6.45) is 13.3. The van der Waals surface area contributed by atoms with Crippen LogP contribution in [0.1, 0.15) is 72.1 Å². The van der Waals surface area contributed by atoms with Gasteiger partial charge in [0.15, 0.2) is 17.4 Å². The average Bonchev–Trinajstić information content (AvgIpc) is 3.95. The van der Waals surface area contributed by atoms with Gasteiger partial charge in [0, 0.05) is 75.4 Å². The molecule has 8 heterocycles. The lowest BCUT2D eigenvalue weighted by atomic mass is 9.72. The number of anilines is 6. The Balaban J connectivity index is 0.776. The Morgan fingerprint density at radius 2 is 1.60 bits per heavy atom. The number of imide groups is 2. The van der Waals surface area contributed by atoms with Crippen molar-refractivity contribution in [1.82, 2.24) is 44.8 Å². The first-order chi connectivity index (χ1) is 36.0. The number of benzene rings is 3. The summed E-state index contributed by atoms with van der Waals surface area (Å²) in [5.41, 5.74) is 3.73. The molecule has 0 bridgehead atoms. The van der Waals surface area contributed by atoms with Gasteiger partial charge < -0.3 is 34.6 Å². The van der Waals surface area contributed by atoms with Crippen LogP contribution >= 0.6 is 18.7 Å². The highest BCUT2D eigenvalue weighted by molar-refractivity contribution is 7.71. The largest absolute Gasteiger partial charge is 0.492 e. The average molecular weight is 1060 g/mol. The van der Waals surface area contributed by atoms with E-state index in [0.29, 0.717) is 65.0 Å². The molecule has 4 saturated heterocycles. The Kier molecular flexibility index (Phi) is 13.1. The maximum atomic E-state index is 17.3. The predicted octanol–water partition coefficient (Wildman–Crippen LogP) is 7.25. The van der Waals surface area contributed by atoms with Crippen LogP contribution in [0.25, 0.3) is 22.2 Å². The van der Waals surface area contributed by atoms with E-state index in [1.807, 2.05) is 17.2 Å². The van der Waals surface area contributed by atoms with Crippen LogP contribution in [0, 0.1) is 17.0 Å². The second kappa shape index (κ2) is 19.6. The number of rotatable bonds is 11. The number of aryl methyl sites for hydroxylation is 1. The van der Waals surface area contributed by atoms with Gasteiger partial charge >= 0.3 is 0 Å². The number of likely N-dealkylation sites (tertiary alicyclic amines) is 1. The molecule has 75 heavy (non-hydrogen) atoms. The molecule has 11 rings (SSSR count). The molecule has 0 aliphatic carbocycles. The number of carbonyl (C=O) groups excluding carboxylic acids is 4. The molecule has 3 aromatic heterocycles. The zero-order valence-corrected chi connectivity index (χ0v) is 43.5. The highest BCUT2D eigenvalue weighted by Crippen LogP contribution is 2.47. The number of piperidine rings is 4. The topological polar surface area (TPSA) is 213 Å². The van der Waals surface area contributed by atoms with Crippen molar-refractivity contribution in [2.45, 2.75) is 63.5 Å². The van der Waals surface area contributed by atoms with Crippen LogP contribution < -0.4 is 35.8 Å². The van der Waals surface area contributed by atoms with Gasteiger partial charge in [-0.1, -0.05) is 11.6 Å². The summed E-state index contributed by atoms with van der Waals surface area (Å²) in [7, 11) is 0.312. The molecule has 6 aromatic rings. The maximum absolute atomic E-state index is 17.3. The molecule has 5 aliphatic rings. The van der Waals surface area contributed by atoms with E-state index >= 15 is 8.78 Å². The van der Waals surface area contributed by atoms with Crippen LogP contribution in [0.5, 0.6) is 5.75 Å². The van der Waals surface area contributed by atoms with Crippen molar-refractivity contribution in [1.29, 1.82) is 0 Å². The fourth-order valence-electron chi connectivity index (χ4n) is 11.8. The van der Waals surface area contributed by atoms with E-state index in [2.05, 4.69) is 50.8 Å². The minimum absolute atomic E-state index is 0.00335. The van der Waals surface area contributed by atoms with Gasteiger partial charge in [-0.05, 0) is 107 Å². The lowest BCUT2D eigenvalue weighted by Gasteiger charge is -2.50. The molecule has 0 radical (unpaired) electrons. The standard InChI is InChI=1S/C52H55ClF2N13O6P/c1-64-27-29(25-59-64)31-23-38(61-51-58-26-34(53)47(63-51)60-37-7-6-36-43(57-16-15-56-36)46(37)75(3,4)73)45(74-2)42(55)44(31)66-18-10-30(11-19-66)65-20-13-52(14-21-65)12-5-17-67(28-52)40-24-33-32(22-35(40)54)49(71)68(50(33)72)39-8-9-41(69)62-48(39)70/h6-7,15-16,22-27,30,39H,5,8-14,17-21,28H2,1-4H3,(H,62,69,70)(H2,58,60,61,63). The Hall–Kier alpha value is -7.09. The molecular formula is C52H55ClF2N13O6P. The minimum atomic E-state index is -2.90. The molecule has 5 aliphatic heterocycles. The van der Waals surface area contributed by atoms with E-state index in [-0.39, 0.29) is 69.3 Å². The van der Waals surface area contributed by atoms with Crippen molar-refractivity contribution >= 4 is 93.2 Å². The Morgan fingerprint density at radius 3 is 2.31 bits per heavy atom. The molecule has 4 amide bonds. The zero-order chi connectivity index (χ0) is 52.5. The van der Waals surface area contributed by atoms with Crippen LogP contribution in [-0.4, -0.2) is 135 Å². The molecule has 1 unspecified atom stereocenters. The number of amides is 4. The summed E-state index contributed by atoms with van der Waals surface area (Å²) < 4.78 is 54.4. The summed E-state index contributed by atoms with van der Waals surface area (Å²) in [6, 6.07) is 7.05. The van der Waals surface area contributed by atoms with Crippen molar-refractivity contribution in [2.24, 2.45) is 12.5 Å². The van der Waals surface area contributed by atoms with Gasteiger partial charge in [-0.25, -0.2) is 13.8 Å². The van der Waals surface area contributed by atoms with Crippen molar-refractivity contribution in [3.8, 4) is 16.9 Å². The van der Waals surface area contributed by atoms with Crippen molar-refractivity contribution < 1.29 is 37.3 Å². The van der Waals surface area contributed by atoms with Crippen LogP contribution in [0.2, 0.25) is 5.02 Å².